The minimum atomic E-state index is -4.90. The van der Waals surface area contributed by atoms with Crippen LogP contribution in [0, 0.1) is 6.92 Å². The molecule has 5 nitrogen and oxygen atoms in total. The van der Waals surface area contributed by atoms with E-state index in [1.165, 1.54) is 14.0 Å². The van der Waals surface area contributed by atoms with Crippen molar-refractivity contribution < 1.29 is 32.5 Å². The molecule has 1 aromatic heterocycles. The molecule has 0 aliphatic carbocycles. The lowest BCUT2D eigenvalue weighted by molar-refractivity contribution is -0.276. The Labute approximate surface area is 100 Å². The predicted molar refractivity (Wildman–Crippen MR) is 53.5 cm³/mol. The van der Waals surface area contributed by atoms with Gasteiger partial charge in [-0.3, -0.25) is 4.79 Å². The monoisotopic (exact) mass is 265 g/mol. The van der Waals surface area contributed by atoms with E-state index in [1.807, 2.05) is 0 Å². The van der Waals surface area contributed by atoms with Crippen molar-refractivity contribution in [1.29, 1.82) is 0 Å². The van der Waals surface area contributed by atoms with Crippen LogP contribution in [0.3, 0.4) is 0 Å². The van der Waals surface area contributed by atoms with Crippen molar-refractivity contribution in [2.75, 3.05) is 7.11 Å². The van der Waals surface area contributed by atoms with Gasteiger partial charge in [-0.05, 0) is 6.92 Å². The van der Waals surface area contributed by atoms with Gasteiger partial charge in [0.25, 0.3) is 0 Å². The van der Waals surface area contributed by atoms with Gasteiger partial charge < -0.3 is 14.6 Å². The van der Waals surface area contributed by atoms with Crippen molar-refractivity contribution in [3.05, 3.63) is 17.3 Å². The number of carboxylic acid groups (broad SMARTS) is 1. The van der Waals surface area contributed by atoms with Gasteiger partial charge >= 0.3 is 12.3 Å². The highest BCUT2D eigenvalue weighted by molar-refractivity contribution is 5.70. The Kier molecular flexibility index (Phi) is 4.00. The fourth-order valence-corrected chi connectivity index (χ4v) is 1.31. The highest BCUT2D eigenvalue weighted by Gasteiger charge is 2.32. The van der Waals surface area contributed by atoms with Crippen molar-refractivity contribution in [3.8, 4) is 11.6 Å². The van der Waals surface area contributed by atoms with E-state index in [4.69, 9.17) is 9.84 Å². The molecule has 100 valence electrons. The summed E-state index contributed by atoms with van der Waals surface area (Å²) in [6.45, 7) is 1.50. The summed E-state index contributed by atoms with van der Waals surface area (Å²) >= 11 is 0. The Balaban J connectivity index is 3.17. The Hall–Kier alpha value is -1.99. The third-order valence-electron chi connectivity index (χ3n) is 2.06. The van der Waals surface area contributed by atoms with Crippen molar-refractivity contribution in [1.82, 2.24) is 4.98 Å². The second kappa shape index (κ2) is 5.11. The smallest absolute Gasteiger partial charge is 0.496 e. The van der Waals surface area contributed by atoms with Gasteiger partial charge in [0, 0.05) is 11.6 Å². The number of hydrogen-bond acceptors (Lipinski definition) is 4. The summed E-state index contributed by atoms with van der Waals surface area (Å²) in [4.78, 5) is 14.1. The Bertz CT molecular complexity index is 459. The molecule has 0 bridgehead atoms. The number of carboxylic acids is 1. The second-order valence-corrected chi connectivity index (χ2v) is 3.35. The molecule has 1 heterocycles. The fraction of sp³-hybridized carbons (Fsp3) is 0.400. The fourth-order valence-electron chi connectivity index (χ4n) is 1.31. The number of hydrogen-bond donors (Lipinski definition) is 1. The number of aliphatic carboxylic acids is 1. The van der Waals surface area contributed by atoms with Crippen LogP contribution in [0.1, 0.15) is 11.3 Å². The molecule has 0 aromatic carbocycles. The van der Waals surface area contributed by atoms with Crippen LogP contribution in [0.25, 0.3) is 0 Å². The van der Waals surface area contributed by atoms with Crippen LogP contribution in [-0.4, -0.2) is 29.5 Å². The van der Waals surface area contributed by atoms with Crippen LogP contribution in [0.15, 0.2) is 6.07 Å². The lowest BCUT2D eigenvalue weighted by atomic mass is 10.1. The van der Waals surface area contributed by atoms with Crippen LogP contribution >= 0.6 is 0 Å². The lowest BCUT2D eigenvalue weighted by Crippen LogP contribution is -2.19. The van der Waals surface area contributed by atoms with Crippen molar-refractivity contribution >= 4 is 5.97 Å². The zero-order chi connectivity index (χ0) is 13.9. The Morgan fingerprint density at radius 1 is 1.50 bits per heavy atom. The zero-order valence-corrected chi connectivity index (χ0v) is 9.54. The molecule has 1 rings (SSSR count). The van der Waals surface area contributed by atoms with E-state index >= 15 is 0 Å². The van der Waals surface area contributed by atoms with Crippen LogP contribution < -0.4 is 9.47 Å². The van der Waals surface area contributed by atoms with E-state index in [1.54, 1.807) is 0 Å². The van der Waals surface area contributed by atoms with E-state index in [0.717, 1.165) is 6.07 Å². The third kappa shape index (κ3) is 3.79. The minimum Gasteiger partial charge on any atom is -0.496 e. The largest absolute Gasteiger partial charge is 0.574 e. The summed E-state index contributed by atoms with van der Waals surface area (Å²) in [5.74, 6) is -1.88. The third-order valence-corrected chi connectivity index (χ3v) is 2.06. The van der Waals surface area contributed by atoms with E-state index < -0.39 is 24.6 Å². The molecule has 1 aromatic rings. The number of methoxy groups -OCH3 is 1. The number of carbonyl (C=O) groups is 1. The average molecular weight is 265 g/mol. The zero-order valence-electron chi connectivity index (χ0n) is 9.54. The SMILES string of the molecule is COc1cc(OC(F)(F)F)nc(CC(=O)O)c1C. The highest BCUT2D eigenvalue weighted by atomic mass is 19.4. The molecular weight excluding hydrogens is 255 g/mol. The first kappa shape index (κ1) is 14.1. The molecule has 0 spiro atoms. The normalized spacial score (nSPS) is 11.2. The molecule has 0 unspecified atom stereocenters. The molecular formula is C10H10F3NO4. The maximum atomic E-state index is 12.1. The van der Waals surface area contributed by atoms with Crippen LogP contribution in [0.5, 0.6) is 11.6 Å². The van der Waals surface area contributed by atoms with Gasteiger partial charge in [-0.1, -0.05) is 0 Å². The summed E-state index contributed by atoms with van der Waals surface area (Å²) in [5, 5.41) is 8.63. The molecule has 0 aliphatic rings. The van der Waals surface area contributed by atoms with Gasteiger partial charge in [-0.25, -0.2) is 4.98 Å². The molecule has 8 heteroatoms. The van der Waals surface area contributed by atoms with Crippen molar-refractivity contribution in [2.45, 2.75) is 19.7 Å². The second-order valence-electron chi connectivity index (χ2n) is 3.35. The first-order valence-electron chi connectivity index (χ1n) is 4.75. The van der Waals surface area contributed by atoms with E-state index in [9.17, 15) is 18.0 Å². The first-order chi connectivity index (χ1) is 8.23. The van der Waals surface area contributed by atoms with Crippen LogP contribution in [0.2, 0.25) is 0 Å². The maximum absolute atomic E-state index is 12.1. The Morgan fingerprint density at radius 3 is 2.56 bits per heavy atom. The molecule has 0 radical (unpaired) electrons. The van der Waals surface area contributed by atoms with Gasteiger partial charge in [-0.15, -0.1) is 13.2 Å². The predicted octanol–water partition coefficient (Wildman–Crippen LogP) is 1.92. The summed E-state index contributed by atoms with van der Waals surface area (Å²) in [7, 11) is 1.25. The standard InChI is InChI=1S/C10H10F3NO4/c1-5-6(3-9(15)16)14-8(4-7(5)17-2)18-10(11,12)13/h4H,3H2,1-2H3,(H,15,16). The van der Waals surface area contributed by atoms with E-state index in [0.29, 0.717) is 5.56 Å². The average Bonchev–Trinajstić information content (AvgIpc) is 2.19. The number of ether oxygens (including phenoxy) is 2. The quantitative estimate of drug-likeness (QED) is 0.900. The molecule has 0 atom stereocenters. The number of aromatic nitrogens is 1. The number of alkyl halides is 3. The van der Waals surface area contributed by atoms with E-state index in [2.05, 4.69) is 9.72 Å². The van der Waals surface area contributed by atoms with Gasteiger partial charge in [0.05, 0.1) is 19.2 Å². The first-order valence-corrected chi connectivity index (χ1v) is 4.75. The topological polar surface area (TPSA) is 68.7 Å². The molecule has 0 saturated heterocycles. The Morgan fingerprint density at radius 2 is 2.11 bits per heavy atom. The molecule has 0 amide bonds. The van der Waals surface area contributed by atoms with Crippen molar-refractivity contribution in [2.24, 2.45) is 0 Å². The van der Waals surface area contributed by atoms with Gasteiger partial charge in [0.15, 0.2) is 0 Å². The molecule has 0 saturated carbocycles. The van der Waals surface area contributed by atoms with Gasteiger partial charge in [-0.2, -0.15) is 0 Å². The lowest BCUT2D eigenvalue weighted by Gasteiger charge is -2.13. The molecule has 18 heavy (non-hydrogen) atoms. The van der Waals surface area contributed by atoms with Gasteiger partial charge in [0.2, 0.25) is 5.88 Å². The number of nitrogens with zero attached hydrogens (tertiary/aromatic N) is 1. The summed E-state index contributed by atoms with van der Waals surface area (Å²) in [6, 6.07) is 0.953. The molecule has 1 N–H and O–H groups in total. The summed E-state index contributed by atoms with van der Waals surface area (Å²) < 4.78 is 44.6. The van der Waals surface area contributed by atoms with Crippen LogP contribution in [0.4, 0.5) is 13.2 Å². The number of pyridine rings is 1. The maximum Gasteiger partial charge on any atom is 0.574 e. The van der Waals surface area contributed by atoms with E-state index in [-0.39, 0.29) is 11.4 Å². The molecule has 0 aliphatic heterocycles. The van der Waals surface area contributed by atoms with Crippen molar-refractivity contribution in [3.63, 3.8) is 0 Å². The minimum absolute atomic E-state index is 0.0406. The van der Waals surface area contributed by atoms with Crippen LogP contribution in [-0.2, 0) is 11.2 Å². The summed E-state index contributed by atoms with van der Waals surface area (Å²) in [5.41, 5.74) is 0.315. The number of rotatable bonds is 4. The summed E-state index contributed by atoms with van der Waals surface area (Å²) in [6.07, 6.45) is -5.41. The van der Waals surface area contributed by atoms with Gasteiger partial charge in [0.1, 0.15) is 5.75 Å². The highest BCUT2D eigenvalue weighted by Crippen LogP contribution is 2.28. The molecule has 0 fully saturated rings. The number of halogens is 3.